The van der Waals surface area contributed by atoms with E-state index in [1.165, 1.54) is 22.4 Å². The van der Waals surface area contributed by atoms with Gasteiger partial charge in [-0.05, 0) is 17.7 Å². The molecule has 2 atom stereocenters. The Morgan fingerprint density at radius 1 is 1.00 bits per heavy atom. The van der Waals surface area contributed by atoms with Crippen LogP contribution in [0.2, 0.25) is 0 Å². The molecule has 0 radical (unpaired) electrons. The first kappa shape index (κ1) is 8.28. The number of pyridine rings is 1. The average Bonchev–Trinajstić information content (AvgIpc) is 3.02. The lowest BCUT2D eigenvalue weighted by atomic mass is 9.97. The molecular weight excluding hydrogens is 194 g/mol. The lowest BCUT2D eigenvalue weighted by molar-refractivity contribution is -0.688. The summed E-state index contributed by atoms with van der Waals surface area (Å²) in [4.78, 5) is 0. The number of rotatable bonds is 0. The fourth-order valence-electron chi connectivity index (χ4n) is 2.94. The van der Waals surface area contributed by atoms with Crippen molar-refractivity contribution in [2.45, 2.75) is 12.0 Å². The van der Waals surface area contributed by atoms with Crippen molar-refractivity contribution in [1.82, 2.24) is 0 Å². The third-order valence-corrected chi connectivity index (χ3v) is 3.75. The number of hydrogen-bond acceptors (Lipinski definition) is 0. The molecule has 76 valence electrons. The molecule has 0 saturated heterocycles. The summed E-state index contributed by atoms with van der Waals surface area (Å²) in [5, 5.41) is 0. The molecule has 0 N–H and O–H groups in total. The summed E-state index contributed by atoms with van der Waals surface area (Å²) in [5.41, 5.74) is 5.48. The summed E-state index contributed by atoms with van der Waals surface area (Å²) < 4.78 is 2.36. The maximum Gasteiger partial charge on any atom is 0.213 e. The number of hydrogen-bond donors (Lipinski definition) is 0. The zero-order valence-corrected chi connectivity index (χ0v) is 8.93. The fraction of sp³-hybridized carbons (Fsp3) is 0.133. The highest BCUT2D eigenvalue weighted by Crippen LogP contribution is 2.57. The van der Waals surface area contributed by atoms with Crippen molar-refractivity contribution in [3.05, 3.63) is 66.4 Å². The van der Waals surface area contributed by atoms with Crippen LogP contribution in [-0.2, 0) is 0 Å². The minimum absolute atomic E-state index is 0.506. The maximum atomic E-state index is 4.19. The van der Waals surface area contributed by atoms with Crippen LogP contribution < -0.4 is 4.57 Å². The molecule has 4 rings (SSSR count). The third kappa shape index (κ3) is 0.843. The lowest BCUT2D eigenvalue weighted by Crippen LogP contribution is -2.37. The van der Waals surface area contributed by atoms with E-state index in [1.807, 2.05) is 0 Å². The molecule has 1 nitrogen and oxygen atoms in total. The molecule has 1 fully saturated rings. The van der Waals surface area contributed by atoms with Gasteiger partial charge in [0.1, 0.15) is 0 Å². The van der Waals surface area contributed by atoms with Gasteiger partial charge in [0.2, 0.25) is 5.69 Å². The maximum absolute atomic E-state index is 4.19. The summed E-state index contributed by atoms with van der Waals surface area (Å²) in [6.07, 6.45) is 2.17. The summed E-state index contributed by atoms with van der Waals surface area (Å²) in [7, 11) is 0. The number of allylic oxidation sites excluding steroid dienone is 1. The van der Waals surface area contributed by atoms with Gasteiger partial charge in [0, 0.05) is 17.7 Å². The second kappa shape index (κ2) is 2.62. The van der Waals surface area contributed by atoms with Crippen molar-refractivity contribution in [2.24, 2.45) is 0 Å². The summed E-state index contributed by atoms with van der Waals surface area (Å²) in [6, 6.07) is 15.6. The van der Waals surface area contributed by atoms with Gasteiger partial charge in [0.25, 0.3) is 0 Å². The first-order chi connectivity index (χ1) is 7.88. The first-order valence-corrected chi connectivity index (χ1v) is 5.66. The van der Waals surface area contributed by atoms with Crippen LogP contribution in [0.1, 0.15) is 17.5 Å². The highest BCUT2D eigenvalue weighted by Gasteiger charge is 2.56. The molecule has 1 aliphatic heterocycles. The van der Waals surface area contributed by atoms with Crippen LogP contribution in [0, 0.1) is 0 Å². The predicted molar refractivity (Wildman–Crippen MR) is 63.0 cm³/mol. The normalized spacial score (nSPS) is 24.4. The van der Waals surface area contributed by atoms with E-state index in [4.69, 9.17) is 0 Å². The van der Waals surface area contributed by atoms with Gasteiger partial charge in [-0.25, -0.2) is 0 Å². The number of fused-ring (bicyclic) bond motifs is 6. The number of nitrogens with zero attached hydrogens (tertiary/aromatic N) is 1. The molecule has 2 heterocycles. The number of benzene rings is 1. The zero-order chi connectivity index (χ0) is 10.7. The summed E-state index contributed by atoms with van der Waals surface area (Å²) in [5.74, 6) is 0.552. The van der Waals surface area contributed by atoms with E-state index in [2.05, 4.69) is 59.8 Å². The molecular formula is C15H12N+. The van der Waals surface area contributed by atoms with Gasteiger partial charge >= 0.3 is 0 Å². The van der Waals surface area contributed by atoms with Gasteiger partial charge in [-0.2, -0.15) is 4.57 Å². The van der Waals surface area contributed by atoms with Crippen molar-refractivity contribution in [3.8, 4) is 11.3 Å². The molecule has 0 spiro atoms. The second-order valence-corrected chi connectivity index (χ2v) is 4.58. The van der Waals surface area contributed by atoms with Gasteiger partial charge in [-0.3, -0.25) is 0 Å². The van der Waals surface area contributed by atoms with Crippen LogP contribution in [0.25, 0.3) is 11.3 Å². The van der Waals surface area contributed by atoms with Crippen molar-refractivity contribution >= 4 is 0 Å². The van der Waals surface area contributed by atoms with Crippen LogP contribution in [0.4, 0.5) is 0 Å². The van der Waals surface area contributed by atoms with Gasteiger partial charge in [0.05, 0.1) is 11.5 Å². The standard InChI is InChI=1S/C15H12N/c1-10-14-12-7-3-2-6-11(12)13-8-4-5-9-16(13)15(10)14/h2-9,14-15H,1H2/q+1. The third-order valence-electron chi connectivity index (χ3n) is 3.75. The molecule has 0 amide bonds. The van der Waals surface area contributed by atoms with Gasteiger partial charge < -0.3 is 0 Å². The average molecular weight is 206 g/mol. The van der Waals surface area contributed by atoms with E-state index in [9.17, 15) is 0 Å². The quantitative estimate of drug-likeness (QED) is 0.461. The molecule has 1 aromatic carbocycles. The monoisotopic (exact) mass is 206 g/mol. The van der Waals surface area contributed by atoms with Crippen LogP contribution in [0.15, 0.2) is 60.8 Å². The van der Waals surface area contributed by atoms with Gasteiger partial charge in [-0.1, -0.05) is 24.8 Å². The van der Waals surface area contributed by atoms with Crippen molar-refractivity contribution in [1.29, 1.82) is 0 Å². The minimum Gasteiger partial charge on any atom is -0.191 e. The second-order valence-electron chi connectivity index (χ2n) is 4.58. The topological polar surface area (TPSA) is 3.88 Å². The summed E-state index contributed by atoms with van der Waals surface area (Å²) >= 11 is 0. The number of aromatic nitrogens is 1. The first-order valence-electron chi connectivity index (χ1n) is 5.66. The molecule has 2 unspecified atom stereocenters. The molecule has 16 heavy (non-hydrogen) atoms. The Balaban J connectivity index is 2.10. The van der Waals surface area contributed by atoms with Crippen LogP contribution in [-0.4, -0.2) is 0 Å². The molecule has 2 aromatic rings. The van der Waals surface area contributed by atoms with Crippen molar-refractivity contribution < 1.29 is 4.57 Å². The SMILES string of the molecule is C=C1C2c3ccccc3-c3cccc[n+]3C12. The van der Waals surface area contributed by atoms with E-state index in [1.54, 1.807) is 0 Å². The zero-order valence-electron chi connectivity index (χ0n) is 8.93. The molecule has 1 aliphatic carbocycles. The Labute approximate surface area is 94.7 Å². The van der Waals surface area contributed by atoms with E-state index < -0.39 is 0 Å². The Morgan fingerprint density at radius 2 is 1.81 bits per heavy atom. The van der Waals surface area contributed by atoms with Crippen molar-refractivity contribution in [2.75, 3.05) is 0 Å². The molecule has 1 heteroatoms. The Kier molecular flexibility index (Phi) is 1.35. The molecule has 0 bridgehead atoms. The predicted octanol–water partition coefficient (Wildman–Crippen LogP) is 2.85. The largest absolute Gasteiger partial charge is 0.213 e. The van der Waals surface area contributed by atoms with E-state index in [0.29, 0.717) is 12.0 Å². The molecule has 1 saturated carbocycles. The van der Waals surface area contributed by atoms with Crippen LogP contribution in [0.5, 0.6) is 0 Å². The van der Waals surface area contributed by atoms with Crippen molar-refractivity contribution in [3.63, 3.8) is 0 Å². The summed E-state index contributed by atoms with van der Waals surface area (Å²) in [6.45, 7) is 4.19. The molecule has 2 aliphatic rings. The Bertz CT molecular complexity index is 559. The highest BCUT2D eigenvalue weighted by molar-refractivity contribution is 5.68. The fourth-order valence-corrected chi connectivity index (χ4v) is 2.94. The van der Waals surface area contributed by atoms with Crippen LogP contribution >= 0.6 is 0 Å². The van der Waals surface area contributed by atoms with E-state index in [-0.39, 0.29) is 0 Å². The Hall–Kier alpha value is -1.89. The van der Waals surface area contributed by atoms with Gasteiger partial charge in [-0.15, -0.1) is 0 Å². The van der Waals surface area contributed by atoms with Crippen LogP contribution in [0.3, 0.4) is 0 Å². The smallest absolute Gasteiger partial charge is 0.191 e. The molecule has 1 aromatic heterocycles. The highest BCUT2D eigenvalue weighted by atomic mass is 15.1. The minimum atomic E-state index is 0.506. The van der Waals surface area contributed by atoms with E-state index in [0.717, 1.165) is 0 Å². The van der Waals surface area contributed by atoms with E-state index >= 15 is 0 Å². The lowest BCUT2D eigenvalue weighted by Gasteiger charge is -2.12. The Morgan fingerprint density at radius 3 is 2.75 bits per heavy atom. The van der Waals surface area contributed by atoms with Gasteiger partial charge in [0.15, 0.2) is 12.2 Å².